The highest BCUT2D eigenvalue weighted by Crippen LogP contribution is 2.30. The van der Waals surface area contributed by atoms with Crippen LogP contribution in [-0.4, -0.2) is 33.9 Å². The van der Waals surface area contributed by atoms with E-state index >= 15 is 0 Å². The van der Waals surface area contributed by atoms with Gasteiger partial charge < -0.3 is 10.1 Å². The van der Waals surface area contributed by atoms with Gasteiger partial charge in [-0.2, -0.15) is 0 Å². The molecule has 8 heteroatoms. The number of anilines is 1. The molecular weight excluding hydrogens is 454 g/mol. The molecular formula is C25H29N3O3S2. The summed E-state index contributed by atoms with van der Waals surface area (Å²) < 4.78 is 7.54. The van der Waals surface area contributed by atoms with Crippen molar-refractivity contribution in [2.45, 2.75) is 70.2 Å². The second-order valence-electron chi connectivity index (χ2n) is 8.79. The van der Waals surface area contributed by atoms with E-state index in [0.29, 0.717) is 11.7 Å². The molecule has 174 valence electrons. The first-order chi connectivity index (χ1) is 16.0. The van der Waals surface area contributed by atoms with Crippen molar-refractivity contribution in [1.82, 2.24) is 9.55 Å². The predicted octanol–water partition coefficient (Wildman–Crippen LogP) is 4.73. The molecule has 0 radical (unpaired) electrons. The van der Waals surface area contributed by atoms with Gasteiger partial charge in [-0.05, 0) is 74.3 Å². The third kappa shape index (κ3) is 4.61. The molecule has 1 atom stereocenters. The number of nitrogens with one attached hydrogen (secondary N) is 1. The largest absolute Gasteiger partial charge is 0.376 e. The van der Waals surface area contributed by atoms with Gasteiger partial charge in [0.25, 0.3) is 5.56 Å². The van der Waals surface area contributed by atoms with Gasteiger partial charge in [-0.3, -0.25) is 14.2 Å². The number of ether oxygens (including phenoxy) is 1. The molecule has 1 unspecified atom stereocenters. The standard InChI is InChI=1S/C25H29N3O3S2/c1-3-20-15(2)33-23-22(20)24(30)28(13-19-8-5-11-31-19)25(27-23)32-14-21(29)26-18-10-9-16-6-4-7-17(16)12-18/h9-10,12,19H,3-8,11,13-14H2,1-2H3,(H,26,29). The van der Waals surface area contributed by atoms with E-state index in [-0.39, 0.29) is 23.3 Å². The number of carbonyl (C=O) groups is 1. The summed E-state index contributed by atoms with van der Waals surface area (Å²) in [5.74, 6) is 0.110. The van der Waals surface area contributed by atoms with Gasteiger partial charge >= 0.3 is 0 Å². The maximum absolute atomic E-state index is 13.5. The summed E-state index contributed by atoms with van der Waals surface area (Å²) >= 11 is 2.89. The molecule has 33 heavy (non-hydrogen) atoms. The molecule has 6 nitrogen and oxygen atoms in total. The smallest absolute Gasteiger partial charge is 0.263 e. The number of rotatable bonds is 7. The first kappa shape index (κ1) is 22.6. The van der Waals surface area contributed by atoms with Crippen LogP contribution in [0.5, 0.6) is 0 Å². The molecule has 1 aliphatic heterocycles. The molecule has 0 bridgehead atoms. The Labute approximate surface area is 201 Å². The van der Waals surface area contributed by atoms with Crippen molar-refractivity contribution in [1.29, 1.82) is 0 Å². The average molecular weight is 484 g/mol. The van der Waals surface area contributed by atoms with Gasteiger partial charge in [0.15, 0.2) is 5.16 Å². The summed E-state index contributed by atoms with van der Waals surface area (Å²) in [5.41, 5.74) is 4.62. The molecule has 0 saturated carbocycles. The van der Waals surface area contributed by atoms with E-state index in [9.17, 15) is 9.59 Å². The number of hydrogen-bond donors (Lipinski definition) is 1. The molecule has 2 aromatic heterocycles. The normalized spacial score (nSPS) is 17.6. The number of carbonyl (C=O) groups excluding carboxylic acids is 1. The van der Waals surface area contributed by atoms with Crippen molar-refractivity contribution >= 4 is 44.9 Å². The molecule has 3 aromatic rings. The van der Waals surface area contributed by atoms with Crippen LogP contribution in [0.1, 0.15) is 47.8 Å². The summed E-state index contributed by atoms with van der Waals surface area (Å²) in [6.45, 7) is 5.34. The van der Waals surface area contributed by atoms with Crippen LogP contribution in [0.25, 0.3) is 10.2 Å². The minimum atomic E-state index is -0.0902. The average Bonchev–Trinajstić information content (AvgIpc) is 3.54. The first-order valence-corrected chi connectivity index (χ1v) is 13.5. The minimum Gasteiger partial charge on any atom is -0.376 e. The van der Waals surface area contributed by atoms with Crippen LogP contribution < -0.4 is 10.9 Å². The van der Waals surface area contributed by atoms with E-state index in [2.05, 4.69) is 24.4 Å². The summed E-state index contributed by atoms with van der Waals surface area (Å²) in [5, 5.41) is 4.33. The number of thiophene rings is 1. The maximum Gasteiger partial charge on any atom is 0.263 e. The summed E-state index contributed by atoms with van der Waals surface area (Å²) in [6.07, 6.45) is 6.16. The summed E-state index contributed by atoms with van der Waals surface area (Å²) in [6, 6.07) is 6.18. The second-order valence-corrected chi connectivity index (χ2v) is 10.9. The van der Waals surface area contributed by atoms with Crippen LogP contribution >= 0.6 is 23.1 Å². The lowest BCUT2D eigenvalue weighted by Gasteiger charge is -2.16. The van der Waals surface area contributed by atoms with Crippen molar-refractivity contribution in [3.05, 3.63) is 50.1 Å². The number of aromatic nitrogens is 2. The fourth-order valence-corrected chi connectivity index (χ4v) is 6.86. The Morgan fingerprint density at radius 2 is 2.15 bits per heavy atom. The van der Waals surface area contributed by atoms with Crippen molar-refractivity contribution < 1.29 is 9.53 Å². The Kier molecular flexibility index (Phi) is 6.58. The van der Waals surface area contributed by atoms with Crippen molar-refractivity contribution in [3.8, 4) is 0 Å². The molecule has 1 amide bonds. The Balaban J connectivity index is 1.39. The monoisotopic (exact) mass is 483 g/mol. The van der Waals surface area contributed by atoms with Crippen molar-refractivity contribution in [2.75, 3.05) is 17.7 Å². The zero-order chi connectivity index (χ0) is 22.9. The molecule has 1 fully saturated rings. The Morgan fingerprint density at radius 1 is 1.30 bits per heavy atom. The molecule has 1 aromatic carbocycles. The van der Waals surface area contributed by atoms with Crippen LogP contribution in [0.2, 0.25) is 0 Å². The fourth-order valence-electron chi connectivity index (χ4n) is 4.90. The molecule has 5 rings (SSSR count). The number of fused-ring (bicyclic) bond motifs is 2. The van der Waals surface area contributed by atoms with E-state index in [1.807, 2.05) is 13.0 Å². The number of aryl methyl sites for hydroxylation is 4. The van der Waals surface area contributed by atoms with Gasteiger partial charge in [-0.15, -0.1) is 11.3 Å². The lowest BCUT2D eigenvalue weighted by atomic mass is 10.1. The van der Waals surface area contributed by atoms with Gasteiger partial charge in [-0.25, -0.2) is 4.98 Å². The van der Waals surface area contributed by atoms with Crippen LogP contribution in [-0.2, 0) is 35.3 Å². The number of benzene rings is 1. The molecule has 0 spiro atoms. The minimum absolute atomic E-state index is 0.0155. The Hall–Kier alpha value is -2.16. The van der Waals surface area contributed by atoms with E-state index in [0.717, 1.165) is 65.1 Å². The van der Waals surface area contributed by atoms with Crippen LogP contribution in [0.4, 0.5) is 5.69 Å². The van der Waals surface area contributed by atoms with Crippen LogP contribution in [0, 0.1) is 6.92 Å². The highest BCUT2D eigenvalue weighted by molar-refractivity contribution is 7.99. The molecule has 1 aliphatic carbocycles. The highest BCUT2D eigenvalue weighted by Gasteiger charge is 2.23. The van der Waals surface area contributed by atoms with Crippen LogP contribution in [0.15, 0.2) is 28.2 Å². The van der Waals surface area contributed by atoms with Gasteiger partial charge in [0.1, 0.15) is 4.83 Å². The lowest BCUT2D eigenvalue weighted by molar-refractivity contribution is -0.113. The van der Waals surface area contributed by atoms with Gasteiger partial charge in [0, 0.05) is 17.2 Å². The number of hydrogen-bond acceptors (Lipinski definition) is 6. The fraction of sp³-hybridized carbons (Fsp3) is 0.480. The number of thioether (sulfide) groups is 1. The van der Waals surface area contributed by atoms with Crippen molar-refractivity contribution in [2.24, 2.45) is 0 Å². The maximum atomic E-state index is 13.5. The Bertz CT molecular complexity index is 1260. The van der Waals surface area contributed by atoms with Gasteiger partial charge in [0.2, 0.25) is 5.91 Å². The first-order valence-electron chi connectivity index (χ1n) is 11.7. The zero-order valence-electron chi connectivity index (χ0n) is 19.1. The van der Waals surface area contributed by atoms with Gasteiger partial charge in [0.05, 0.1) is 23.8 Å². The lowest BCUT2D eigenvalue weighted by Crippen LogP contribution is -2.29. The van der Waals surface area contributed by atoms with Crippen LogP contribution in [0.3, 0.4) is 0 Å². The molecule has 3 heterocycles. The molecule has 1 saturated heterocycles. The summed E-state index contributed by atoms with van der Waals surface area (Å²) in [4.78, 5) is 33.0. The third-order valence-corrected chi connectivity index (χ3v) is 8.57. The SMILES string of the molecule is CCc1c(C)sc2nc(SCC(=O)Nc3ccc4c(c3)CCC4)n(CC3CCCO3)c(=O)c12. The molecule has 2 aliphatic rings. The Morgan fingerprint density at radius 3 is 2.94 bits per heavy atom. The quantitative estimate of drug-likeness (QED) is 0.389. The van der Waals surface area contributed by atoms with Gasteiger partial charge in [-0.1, -0.05) is 24.8 Å². The van der Waals surface area contributed by atoms with E-state index < -0.39 is 0 Å². The number of amides is 1. The zero-order valence-corrected chi connectivity index (χ0v) is 20.7. The van der Waals surface area contributed by atoms with Crippen molar-refractivity contribution in [3.63, 3.8) is 0 Å². The number of nitrogens with zero attached hydrogens (tertiary/aromatic N) is 2. The third-order valence-electron chi connectivity index (χ3n) is 6.56. The second kappa shape index (κ2) is 9.60. The van der Waals surface area contributed by atoms with E-state index in [4.69, 9.17) is 9.72 Å². The highest BCUT2D eigenvalue weighted by atomic mass is 32.2. The summed E-state index contributed by atoms with van der Waals surface area (Å²) in [7, 11) is 0. The van der Waals surface area contributed by atoms with E-state index in [1.54, 1.807) is 15.9 Å². The predicted molar refractivity (Wildman–Crippen MR) is 135 cm³/mol. The topological polar surface area (TPSA) is 73.2 Å². The van der Waals surface area contributed by atoms with E-state index in [1.165, 1.54) is 29.3 Å². The molecule has 1 N–H and O–H groups in total.